The molecule has 2 N–H and O–H groups in total. The van der Waals surface area contributed by atoms with Crippen LogP contribution in [0.25, 0.3) is 0 Å². The minimum Gasteiger partial charge on any atom is -0.395 e. The topological polar surface area (TPSA) is 51.6 Å². The Labute approximate surface area is 138 Å². The van der Waals surface area contributed by atoms with Crippen molar-refractivity contribution in [2.75, 3.05) is 49.4 Å². The lowest BCUT2D eigenvalue weighted by Crippen LogP contribution is -2.21. The van der Waals surface area contributed by atoms with Crippen LogP contribution in [-0.4, -0.2) is 44.4 Å². The van der Waals surface area contributed by atoms with E-state index < -0.39 is 0 Å². The highest BCUT2D eigenvalue weighted by molar-refractivity contribution is 5.56. The number of anilines is 3. The summed E-state index contributed by atoms with van der Waals surface area (Å²) < 4.78 is 0. The molecule has 2 rings (SSSR count). The molecule has 0 saturated carbocycles. The summed E-state index contributed by atoms with van der Waals surface area (Å²) in [4.78, 5) is 8.57. The lowest BCUT2D eigenvalue weighted by Gasteiger charge is -2.23. The second-order valence-electron chi connectivity index (χ2n) is 5.87. The molecule has 0 radical (unpaired) electrons. The number of rotatable bonds is 7. The van der Waals surface area contributed by atoms with Gasteiger partial charge in [-0.15, -0.1) is 0 Å². The van der Waals surface area contributed by atoms with Gasteiger partial charge in [0.15, 0.2) is 0 Å². The van der Waals surface area contributed by atoms with Crippen LogP contribution < -0.4 is 15.1 Å². The summed E-state index contributed by atoms with van der Waals surface area (Å²) in [7, 11) is 6.04. The number of likely N-dealkylation sites (N-methyl/N-ethyl adjacent to an activating group) is 1. The number of pyridine rings is 1. The molecule has 1 atom stereocenters. The molecule has 0 aliphatic heterocycles. The quantitative estimate of drug-likeness (QED) is 0.823. The van der Waals surface area contributed by atoms with E-state index in [1.807, 2.05) is 30.3 Å². The van der Waals surface area contributed by atoms with Crippen LogP contribution in [0.4, 0.5) is 17.2 Å². The van der Waals surface area contributed by atoms with E-state index in [4.69, 9.17) is 5.11 Å². The van der Waals surface area contributed by atoms with Crippen molar-refractivity contribution in [3.05, 3.63) is 48.2 Å². The number of hydrogen-bond donors (Lipinski definition) is 2. The van der Waals surface area contributed by atoms with E-state index in [2.05, 4.69) is 60.5 Å². The third-order valence-electron chi connectivity index (χ3n) is 3.87. The van der Waals surface area contributed by atoms with Gasteiger partial charge in [-0.1, -0.05) is 18.2 Å². The summed E-state index contributed by atoms with van der Waals surface area (Å²) in [5.41, 5.74) is 3.43. The van der Waals surface area contributed by atoms with Gasteiger partial charge in [0.2, 0.25) is 0 Å². The minimum absolute atomic E-state index is 0.134. The molecule has 0 bridgehead atoms. The maximum absolute atomic E-state index is 8.99. The summed E-state index contributed by atoms with van der Waals surface area (Å²) in [6.45, 7) is 2.87. The Morgan fingerprint density at radius 3 is 2.48 bits per heavy atom. The number of hydrogen-bond acceptors (Lipinski definition) is 5. The van der Waals surface area contributed by atoms with Crippen LogP contribution in [0.5, 0.6) is 0 Å². The second-order valence-corrected chi connectivity index (χ2v) is 5.87. The van der Waals surface area contributed by atoms with Crippen molar-refractivity contribution in [2.24, 2.45) is 0 Å². The van der Waals surface area contributed by atoms with Crippen LogP contribution >= 0.6 is 0 Å². The molecule has 1 aromatic heterocycles. The predicted molar refractivity (Wildman–Crippen MR) is 97.4 cm³/mol. The molecule has 124 valence electrons. The van der Waals surface area contributed by atoms with Crippen LogP contribution in [-0.2, 0) is 0 Å². The second kappa shape index (κ2) is 7.83. The zero-order valence-corrected chi connectivity index (χ0v) is 14.3. The third-order valence-corrected chi connectivity index (χ3v) is 3.87. The van der Waals surface area contributed by atoms with Gasteiger partial charge in [0.1, 0.15) is 5.82 Å². The molecule has 1 heterocycles. The fourth-order valence-corrected chi connectivity index (χ4v) is 2.54. The van der Waals surface area contributed by atoms with Crippen molar-refractivity contribution >= 4 is 17.2 Å². The number of nitrogens with one attached hydrogen (secondary N) is 1. The molecular weight excluding hydrogens is 288 g/mol. The standard InChI is InChI=1S/C18H26N4O/c1-14(16-7-5-6-8-17(16)21(2)3)20-18-10-9-15(13-19-18)22(4)11-12-23/h5-10,13-14,23H,11-12H2,1-4H3,(H,19,20). The molecule has 0 aliphatic rings. The Balaban J connectivity index is 2.10. The number of aliphatic hydroxyl groups is 1. The van der Waals surface area contributed by atoms with Crippen LogP contribution in [0.15, 0.2) is 42.6 Å². The molecule has 23 heavy (non-hydrogen) atoms. The fourth-order valence-electron chi connectivity index (χ4n) is 2.54. The summed E-state index contributed by atoms with van der Waals surface area (Å²) in [5.74, 6) is 0.840. The van der Waals surface area contributed by atoms with Crippen LogP contribution in [0.1, 0.15) is 18.5 Å². The molecular formula is C18H26N4O. The first-order chi connectivity index (χ1) is 11.0. The molecule has 5 heteroatoms. The van der Waals surface area contributed by atoms with Crippen LogP contribution in [0.2, 0.25) is 0 Å². The maximum atomic E-state index is 8.99. The molecule has 5 nitrogen and oxygen atoms in total. The highest BCUT2D eigenvalue weighted by Crippen LogP contribution is 2.27. The molecule has 0 saturated heterocycles. The van der Waals surface area contributed by atoms with Crippen molar-refractivity contribution in [1.82, 2.24) is 4.98 Å². The van der Waals surface area contributed by atoms with Gasteiger partial charge in [0, 0.05) is 33.4 Å². The Morgan fingerprint density at radius 1 is 1.13 bits per heavy atom. The molecule has 1 unspecified atom stereocenters. The highest BCUT2D eigenvalue weighted by Gasteiger charge is 2.12. The number of para-hydroxylation sites is 1. The first-order valence-corrected chi connectivity index (χ1v) is 7.83. The average molecular weight is 314 g/mol. The zero-order valence-electron chi connectivity index (χ0n) is 14.3. The first kappa shape index (κ1) is 17.1. The molecule has 1 aromatic carbocycles. The number of nitrogens with zero attached hydrogens (tertiary/aromatic N) is 3. The van der Waals surface area contributed by atoms with Crippen molar-refractivity contribution < 1.29 is 5.11 Å². The van der Waals surface area contributed by atoms with E-state index in [1.165, 1.54) is 11.3 Å². The monoisotopic (exact) mass is 314 g/mol. The largest absolute Gasteiger partial charge is 0.395 e. The summed E-state index contributed by atoms with van der Waals surface area (Å²) >= 11 is 0. The predicted octanol–water partition coefficient (Wildman–Crippen LogP) is 2.75. The Kier molecular flexibility index (Phi) is 5.82. The fraction of sp³-hybridized carbons (Fsp3) is 0.389. The zero-order chi connectivity index (χ0) is 16.8. The molecule has 0 spiro atoms. The van der Waals surface area contributed by atoms with Gasteiger partial charge in [-0.3, -0.25) is 0 Å². The van der Waals surface area contributed by atoms with Crippen LogP contribution in [0, 0.1) is 0 Å². The molecule has 0 fully saturated rings. The van der Waals surface area contributed by atoms with Crippen molar-refractivity contribution in [3.8, 4) is 0 Å². The van der Waals surface area contributed by atoms with Gasteiger partial charge in [-0.2, -0.15) is 0 Å². The van der Waals surface area contributed by atoms with Crippen LogP contribution in [0.3, 0.4) is 0 Å². The Bertz CT molecular complexity index is 613. The maximum Gasteiger partial charge on any atom is 0.126 e. The number of benzene rings is 1. The van der Waals surface area contributed by atoms with Crippen molar-refractivity contribution in [1.29, 1.82) is 0 Å². The summed E-state index contributed by atoms with van der Waals surface area (Å²) in [6, 6.07) is 12.5. The van der Waals surface area contributed by atoms with Gasteiger partial charge in [-0.05, 0) is 30.7 Å². The number of aromatic nitrogens is 1. The smallest absolute Gasteiger partial charge is 0.126 e. The Hall–Kier alpha value is -2.27. The Morgan fingerprint density at radius 2 is 1.87 bits per heavy atom. The van der Waals surface area contributed by atoms with E-state index in [1.54, 1.807) is 0 Å². The molecule has 0 aliphatic carbocycles. The van der Waals surface area contributed by atoms with Gasteiger partial charge in [-0.25, -0.2) is 4.98 Å². The third kappa shape index (κ3) is 4.36. The van der Waals surface area contributed by atoms with Gasteiger partial charge < -0.3 is 20.2 Å². The lowest BCUT2D eigenvalue weighted by molar-refractivity contribution is 0.304. The average Bonchev–Trinajstić information content (AvgIpc) is 2.55. The summed E-state index contributed by atoms with van der Waals surface area (Å²) in [6.07, 6.45) is 1.82. The van der Waals surface area contributed by atoms with Gasteiger partial charge >= 0.3 is 0 Å². The van der Waals surface area contributed by atoms with Gasteiger partial charge in [0.25, 0.3) is 0 Å². The SMILES string of the molecule is CC(Nc1ccc(N(C)CCO)cn1)c1ccccc1N(C)C. The highest BCUT2D eigenvalue weighted by atomic mass is 16.3. The van der Waals surface area contributed by atoms with E-state index in [0.717, 1.165) is 11.5 Å². The molecule has 2 aromatic rings. The van der Waals surface area contributed by atoms with Crippen molar-refractivity contribution in [2.45, 2.75) is 13.0 Å². The van der Waals surface area contributed by atoms with E-state index >= 15 is 0 Å². The normalized spacial score (nSPS) is 11.9. The van der Waals surface area contributed by atoms with E-state index in [-0.39, 0.29) is 12.6 Å². The summed E-state index contributed by atoms with van der Waals surface area (Å²) in [5, 5.41) is 12.4. The minimum atomic E-state index is 0.134. The van der Waals surface area contributed by atoms with E-state index in [9.17, 15) is 0 Å². The van der Waals surface area contributed by atoms with Crippen molar-refractivity contribution in [3.63, 3.8) is 0 Å². The molecule has 0 amide bonds. The first-order valence-electron chi connectivity index (χ1n) is 7.83. The number of aliphatic hydroxyl groups excluding tert-OH is 1. The lowest BCUT2D eigenvalue weighted by atomic mass is 10.1. The van der Waals surface area contributed by atoms with Gasteiger partial charge in [0.05, 0.1) is 24.5 Å². The van der Waals surface area contributed by atoms with E-state index in [0.29, 0.717) is 6.54 Å².